The molecule has 2 aliphatic rings. The van der Waals surface area contributed by atoms with Gasteiger partial charge >= 0.3 is 6.16 Å². The minimum absolute atomic E-state index is 0.135. The van der Waals surface area contributed by atoms with Gasteiger partial charge in [-0.2, -0.15) is 0 Å². The molecule has 2 heterocycles. The zero-order chi connectivity index (χ0) is 22.9. The van der Waals surface area contributed by atoms with Crippen LogP contribution in [0.3, 0.4) is 0 Å². The number of sulfonamides is 1. The van der Waals surface area contributed by atoms with E-state index in [4.69, 9.17) is 15.0 Å². The van der Waals surface area contributed by atoms with Crippen molar-refractivity contribution in [2.75, 3.05) is 18.0 Å². The number of nitrogens with zero attached hydrogens (tertiary/aromatic N) is 1. The SMILES string of the molecule is C[C@]1(c2ccccc2)C[C@@H]1NS(=O)(=O)c1ccc(N2CCC(F)(F)CC2)s1.O=C(O)O. The summed E-state index contributed by atoms with van der Waals surface area (Å²) in [5.74, 6) is -2.61. The highest BCUT2D eigenvalue weighted by molar-refractivity contribution is 7.91. The van der Waals surface area contributed by atoms with E-state index >= 15 is 0 Å². The lowest BCUT2D eigenvalue weighted by atomic mass is 9.98. The standard InChI is InChI=1S/C19H22F2N2O2S2.CH2O3/c1-18(14-5-3-2-4-6-14)13-15(18)22-27(24,25)17-8-7-16(26-17)23-11-9-19(20,21)10-12-23;2-1(3)4/h2-8,15,22H,9-13H2,1H3;(H2,2,3,4)/t15-,18+;/m0./s1. The molecule has 0 amide bonds. The fraction of sp³-hybridized carbons (Fsp3) is 0.450. The van der Waals surface area contributed by atoms with Crippen LogP contribution in [0, 0.1) is 0 Å². The molecule has 0 radical (unpaired) electrons. The Bertz CT molecular complexity index is 1020. The van der Waals surface area contributed by atoms with Crippen molar-refractivity contribution in [1.82, 2.24) is 4.72 Å². The number of anilines is 1. The van der Waals surface area contributed by atoms with Gasteiger partial charge in [0.1, 0.15) is 4.21 Å². The van der Waals surface area contributed by atoms with Crippen LogP contribution in [0.1, 0.15) is 31.7 Å². The van der Waals surface area contributed by atoms with Crippen LogP contribution in [-0.4, -0.2) is 49.8 Å². The Labute approximate surface area is 183 Å². The van der Waals surface area contributed by atoms with E-state index in [9.17, 15) is 17.2 Å². The number of piperidine rings is 1. The van der Waals surface area contributed by atoms with E-state index in [-0.39, 0.29) is 41.6 Å². The minimum Gasteiger partial charge on any atom is -0.450 e. The number of halogens is 2. The second-order valence-electron chi connectivity index (χ2n) is 7.88. The van der Waals surface area contributed by atoms with Gasteiger partial charge in [0, 0.05) is 37.4 Å². The van der Waals surface area contributed by atoms with Crippen LogP contribution < -0.4 is 9.62 Å². The molecule has 2 atom stereocenters. The molecule has 3 N–H and O–H groups in total. The van der Waals surface area contributed by atoms with Crippen LogP contribution in [0.15, 0.2) is 46.7 Å². The molecule has 7 nitrogen and oxygen atoms in total. The maximum Gasteiger partial charge on any atom is 0.503 e. The molecule has 1 saturated heterocycles. The van der Waals surface area contributed by atoms with Crippen molar-refractivity contribution in [3.05, 3.63) is 48.0 Å². The quantitative estimate of drug-likeness (QED) is 0.599. The maximum absolute atomic E-state index is 13.3. The van der Waals surface area contributed by atoms with Crippen LogP contribution >= 0.6 is 11.3 Å². The number of rotatable bonds is 5. The van der Waals surface area contributed by atoms with Gasteiger partial charge in [0.2, 0.25) is 10.0 Å². The number of thiophene rings is 1. The molecular formula is C20H24F2N2O5S2. The Balaban J connectivity index is 0.000000628. The summed E-state index contributed by atoms with van der Waals surface area (Å²) in [6.07, 6.45) is -1.46. The van der Waals surface area contributed by atoms with Gasteiger partial charge in [-0.05, 0) is 24.1 Å². The lowest BCUT2D eigenvalue weighted by Gasteiger charge is -2.32. The summed E-state index contributed by atoms with van der Waals surface area (Å²) in [5.41, 5.74) is 0.936. The predicted molar refractivity (Wildman–Crippen MR) is 114 cm³/mol. The Hall–Kier alpha value is -2.24. The number of benzene rings is 1. The molecular weight excluding hydrogens is 450 g/mol. The second kappa shape index (κ2) is 8.71. The molecule has 11 heteroatoms. The van der Waals surface area contributed by atoms with Gasteiger partial charge in [0.25, 0.3) is 5.92 Å². The number of nitrogens with one attached hydrogen (secondary N) is 1. The zero-order valence-electron chi connectivity index (χ0n) is 16.8. The Kier molecular flexibility index (Phi) is 6.59. The van der Waals surface area contributed by atoms with E-state index in [0.717, 1.165) is 28.3 Å². The van der Waals surface area contributed by atoms with Crippen molar-refractivity contribution in [1.29, 1.82) is 0 Å². The molecule has 0 spiro atoms. The van der Waals surface area contributed by atoms with Crippen molar-refractivity contribution >= 4 is 32.5 Å². The highest BCUT2D eigenvalue weighted by atomic mass is 32.2. The fourth-order valence-electron chi connectivity index (χ4n) is 3.60. The first-order valence-corrected chi connectivity index (χ1v) is 12.0. The molecule has 2 fully saturated rings. The average Bonchev–Trinajstić information content (AvgIpc) is 3.10. The molecule has 31 heavy (non-hydrogen) atoms. The van der Waals surface area contributed by atoms with E-state index in [2.05, 4.69) is 11.6 Å². The van der Waals surface area contributed by atoms with Crippen molar-refractivity contribution < 1.29 is 32.2 Å². The molecule has 1 aliphatic carbocycles. The van der Waals surface area contributed by atoms with Gasteiger partial charge in [0.05, 0.1) is 5.00 Å². The average molecular weight is 475 g/mol. The molecule has 1 aromatic heterocycles. The topological polar surface area (TPSA) is 107 Å². The summed E-state index contributed by atoms with van der Waals surface area (Å²) < 4.78 is 55.2. The zero-order valence-corrected chi connectivity index (χ0v) is 18.4. The minimum atomic E-state index is -3.62. The number of alkyl halides is 2. The van der Waals surface area contributed by atoms with Crippen molar-refractivity contribution in [2.45, 2.75) is 47.8 Å². The molecule has 0 unspecified atom stereocenters. The Morgan fingerprint density at radius 1 is 1.13 bits per heavy atom. The number of hydrogen-bond acceptors (Lipinski definition) is 5. The summed E-state index contributed by atoms with van der Waals surface area (Å²) in [7, 11) is -3.62. The number of carbonyl (C=O) groups is 1. The van der Waals surface area contributed by atoms with E-state index < -0.39 is 22.1 Å². The monoisotopic (exact) mass is 474 g/mol. The van der Waals surface area contributed by atoms with Crippen LogP contribution in [-0.2, 0) is 15.4 Å². The van der Waals surface area contributed by atoms with Gasteiger partial charge < -0.3 is 15.1 Å². The summed E-state index contributed by atoms with van der Waals surface area (Å²) in [6, 6.07) is 13.0. The molecule has 0 bridgehead atoms. The third-order valence-electron chi connectivity index (χ3n) is 5.61. The van der Waals surface area contributed by atoms with Crippen LogP contribution in [0.25, 0.3) is 0 Å². The predicted octanol–water partition coefficient (Wildman–Crippen LogP) is 4.21. The first kappa shape index (κ1) is 23.4. The summed E-state index contributed by atoms with van der Waals surface area (Å²) >= 11 is 1.14. The number of hydrogen-bond donors (Lipinski definition) is 3. The highest BCUT2D eigenvalue weighted by Gasteiger charge is 2.53. The first-order valence-electron chi connectivity index (χ1n) is 9.65. The molecule has 1 saturated carbocycles. The maximum atomic E-state index is 13.3. The Morgan fingerprint density at radius 2 is 1.71 bits per heavy atom. The Morgan fingerprint density at radius 3 is 2.29 bits per heavy atom. The van der Waals surface area contributed by atoms with E-state index in [1.807, 2.05) is 35.2 Å². The van der Waals surface area contributed by atoms with Gasteiger partial charge in [-0.3, -0.25) is 0 Å². The van der Waals surface area contributed by atoms with Gasteiger partial charge in [-0.15, -0.1) is 11.3 Å². The molecule has 1 aliphatic heterocycles. The van der Waals surface area contributed by atoms with Crippen molar-refractivity contribution in [2.24, 2.45) is 0 Å². The number of carboxylic acid groups (broad SMARTS) is 2. The summed E-state index contributed by atoms with van der Waals surface area (Å²) in [4.78, 5) is 10.4. The summed E-state index contributed by atoms with van der Waals surface area (Å²) in [5, 5.41) is 14.7. The fourth-order valence-corrected chi connectivity index (χ4v) is 6.31. The van der Waals surface area contributed by atoms with E-state index in [1.165, 1.54) is 0 Å². The van der Waals surface area contributed by atoms with E-state index in [0.29, 0.717) is 0 Å². The third-order valence-corrected chi connectivity index (χ3v) is 8.72. The van der Waals surface area contributed by atoms with Crippen LogP contribution in [0.2, 0.25) is 0 Å². The lowest BCUT2D eigenvalue weighted by molar-refractivity contribution is -0.0219. The van der Waals surface area contributed by atoms with Gasteiger partial charge in [-0.25, -0.2) is 26.7 Å². The third kappa shape index (κ3) is 5.72. The molecule has 170 valence electrons. The molecule has 1 aromatic carbocycles. The van der Waals surface area contributed by atoms with Gasteiger partial charge in [-0.1, -0.05) is 37.3 Å². The van der Waals surface area contributed by atoms with Crippen molar-refractivity contribution in [3.8, 4) is 0 Å². The first-order chi connectivity index (χ1) is 14.4. The highest BCUT2D eigenvalue weighted by Crippen LogP contribution is 2.48. The summed E-state index contributed by atoms with van der Waals surface area (Å²) in [6.45, 7) is 2.55. The van der Waals surface area contributed by atoms with Gasteiger partial charge in [0.15, 0.2) is 0 Å². The lowest BCUT2D eigenvalue weighted by Crippen LogP contribution is -2.38. The van der Waals surface area contributed by atoms with E-state index in [1.54, 1.807) is 12.1 Å². The van der Waals surface area contributed by atoms with Crippen molar-refractivity contribution in [3.63, 3.8) is 0 Å². The second-order valence-corrected chi connectivity index (χ2v) is 10.9. The van der Waals surface area contributed by atoms with Crippen LogP contribution in [0.4, 0.5) is 18.6 Å². The smallest absolute Gasteiger partial charge is 0.450 e. The normalized spacial score (nSPS) is 24.7. The molecule has 2 aromatic rings. The molecule has 4 rings (SSSR count). The van der Waals surface area contributed by atoms with Crippen LogP contribution in [0.5, 0.6) is 0 Å². The largest absolute Gasteiger partial charge is 0.503 e.